The predicted octanol–water partition coefficient (Wildman–Crippen LogP) is 5.06. The first-order valence-electron chi connectivity index (χ1n) is 8.69. The van der Waals surface area contributed by atoms with E-state index in [9.17, 15) is 14.9 Å². The van der Waals surface area contributed by atoms with Gasteiger partial charge in [-0.15, -0.1) is 10.2 Å². The van der Waals surface area contributed by atoms with Gasteiger partial charge < -0.3 is 4.42 Å². The molecule has 0 aliphatic carbocycles. The molecule has 0 atom stereocenters. The summed E-state index contributed by atoms with van der Waals surface area (Å²) < 4.78 is 7.17. The normalized spacial score (nSPS) is 10.8. The lowest BCUT2D eigenvalue weighted by atomic mass is 10.1. The molecule has 150 valence electrons. The van der Waals surface area contributed by atoms with Crippen LogP contribution in [0.25, 0.3) is 17.3 Å². The van der Waals surface area contributed by atoms with Gasteiger partial charge in [-0.1, -0.05) is 47.6 Å². The lowest BCUT2D eigenvalue weighted by Gasteiger charge is -2.10. The van der Waals surface area contributed by atoms with Crippen molar-refractivity contribution in [3.05, 3.63) is 87.6 Å². The second kappa shape index (κ2) is 8.52. The highest BCUT2D eigenvalue weighted by Crippen LogP contribution is 2.31. The molecule has 2 aromatic heterocycles. The molecule has 2 heterocycles. The minimum absolute atomic E-state index is 0.0158. The first-order valence-corrected chi connectivity index (χ1v) is 10.1. The third-order valence-electron chi connectivity index (χ3n) is 4.18. The third-order valence-corrected chi connectivity index (χ3v) is 5.43. The Bertz CT molecular complexity index is 1220. The average molecular weight is 441 g/mol. The van der Waals surface area contributed by atoms with Gasteiger partial charge in [-0.05, 0) is 24.3 Å². The van der Waals surface area contributed by atoms with Crippen molar-refractivity contribution in [1.29, 1.82) is 0 Å². The zero-order valence-corrected chi connectivity index (χ0v) is 16.8. The Hall–Kier alpha value is -3.43. The highest BCUT2D eigenvalue weighted by Gasteiger charge is 2.21. The Morgan fingerprint density at radius 2 is 1.97 bits per heavy atom. The monoisotopic (exact) mass is 440 g/mol. The second-order valence-corrected chi connectivity index (χ2v) is 7.44. The quantitative estimate of drug-likeness (QED) is 0.171. The number of Topliss-reactive ketones (excluding diaryl/α,β-unsaturated/α-hetero) is 1. The number of thioether (sulfide) groups is 1. The highest BCUT2D eigenvalue weighted by molar-refractivity contribution is 7.99. The molecule has 0 N–H and O–H groups in total. The maximum absolute atomic E-state index is 12.6. The first-order chi connectivity index (χ1) is 14.5. The number of hydrogen-bond donors (Lipinski definition) is 0. The van der Waals surface area contributed by atoms with Gasteiger partial charge in [-0.25, -0.2) is 0 Å². The van der Waals surface area contributed by atoms with Crippen molar-refractivity contribution in [2.24, 2.45) is 0 Å². The summed E-state index contributed by atoms with van der Waals surface area (Å²) in [5.41, 5.74) is 0.762. The number of nitrogens with zero attached hydrogens (tertiary/aromatic N) is 4. The maximum atomic E-state index is 12.6. The summed E-state index contributed by atoms with van der Waals surface area (Å²) in [5.74, 6) is 0.691. The third kappa shape index (κ3) is 3.98. The number of ketones is 1. The highest BCUT2D eigenvalue weighted by atomic mass is 35.5. The number of rotatable bonds is 7. The number of hydrogen-bond acceptors (Lipinski definition) is 7. The zero-order chi connectivity index (χ0) is 21.1. The summed E-state index contributed by atoms with van der Waals surface area (Å²) in [5, 5.41) is 20.3. The Balaban J connectivity index is 1.65. The van der Waals surface area contributed by atoms with Gasteiger partial charge in [0.1, 0.15) is 0 Å². The van der Waals surface area contributed by atoms with Crippen LogP contribution in [0.3, 0.4) is 0 Å². The maximum Gasteiger partial charge on any atom is 0.270 e. The van der Waals surface area contributed by atoms with Crippen LogP contribution in [0, 0.1) is 10.1 Å². The molecule has 0 aliphatic heterocycles. The van der Waals surface area contributed by atoms with Crippen LogP contribution in [0.4, 0.5) is 5.69 Å². The molecular weight excluding hydrogens is 428 g/mol. The molecule has 0 bridgehead atoms. The Labute approximate surface area is 179 Å². The second-order valence-electron chi connectivity index (χ2n) is 6.09. The number of aromatic nitrogens is 3. The number of nitro benzene ring substituents is 1. The van der Waals surface area contributed by atoms with Crippen molar-refractivity contribution in [2.45, 2.75) is 5.16 Å². The molecule has 0 saturated carbocycles. The molecule has 0 fully saturated rings. The molecular formula is C20H13ClN4O4S. The molecule has 4 rings (SSSR count). The van der Waals surface area contributed by atoms with Crippen LogP contribution in [0.15, 0.2) is 76.5 Å². The van der Waals surface area contributed by atoms with Crippen LogP contribution in [-0.4, -0.2) is 31.2 Å². The molecule has 8 nitrogen and oxygen atoms in total. The van der Waals surface area contributed by atoms with Crippen LogP contribution >= 0.6 is 23.4 Å². The fourth-order valence-electron chi connectivity index (χ4n) is 2.79. The SMILES string of the molecule is O=C(CSc1nnc(-c2ccco2)n1-c1ccccc1Cl)c1cccc([N+](=O)[O-])c1. The molecule has 10 heteroatoms. The van der Waals surface area contributed by atoms with E-state index in [4.69, 9.17) is 16.0 Å². The van der Waals surface area contributed by atoms with E-state index in [1.807, 2.05) is 12.1 Å². The van der Waals surface area contributed by atoms with E-state index in [1.54, 1.807) is 34.9 Å². The molecule has 0 aliphatic rings. The Kier molecular flexibility index (Phi) is 5.64. The number of benzene rings is 2. The molecule has 4 aromatic rings. The van der Waals surface area contributed by atoms with E-state index in [2.05, 4.69) is 10.2 Å². The number of non-ortho nitro benzene ring substituents is 1. The minimum atomic E-state index is -0.534. The molecule has 0 radical (unpaired) electrons. The van der Waals surface area contributed by atoms with Gasteiger partial charge >= 0.3 is 0 Å². The van der Waals surface area contributed by atoms with Crippen molar-refractivity contribution < 1.29 is 14.1 Å². The smallest absolute Gasteiger partial charge is 0.270 e. The average Bonchev–Trinajstić information content (AvgIpc) is 3.42. The fourth-order valence-corrected chi connectivity index (χ4v) is 3.84. The molecule has 0 unspecified atom stereocenters. The van der Waals surface area contributed by atoms with Gasteiger partial charge in [0.05, 0.1) is 27.6 Å². The Morgan fingerprint density at radius 1 is 1.13 bits per heavy atom. The van der Waals surface area contributed by atoms with Crippen molar-refractivity contribution in [3.63, 3.8) is 0 Å². The van der Waals surface area contributed by atoms with Crippen LogP contribution in [-0.2, 0) is 0 Å². The standard InChI is InChI=1S/C20H13ClN4O4S/c21-15-7-1-2-8-16(15)24-19(18-9-4-10-29-18)22-23-20(24)30-12-17(26)13-5-3-6-14(11-13)25(27)28/h1-11H,12H2. The van der Waals surface area contributed by atoms with Crippen LogP contribution in [0.1, 0.15) is 10.4 Å². The first kappa shape index (κ1) is 19.9. The van der Waals surface area contributed by atoms with Crippen molar-refractivity contribution in [2.75, 3.05) is 5.75 Å². The van der Waals surface area contributed by atoms with Gasteiger partial charge in [0, 0.05) is 17.7 Å². The number of carbonyl (C=O) groups is 1. The van der Waals surface area contributed by atoms with E-state index in [0.29, 0.717) is 27.5 Å². The number of para-hydroxylation sites is 1. The molecule has 2 aromatic carbocycles. The van der Waals surface area contributed by atoms with Gasteiger partial charge in [0.15, 0.2) is 16.7 Å². The number of carbonyl (C=O) groups excluding carboxylic acids is 1. The van der Waals surface area contributed by atoms with Crippen molar-refractivity contribution in [1.82, 2.24) is 14.8 Å². The fraction of sp³-hybridized carbons (Fsp3) is 0.0500. The summed E-state index contributed by atoms with van der Waals surface area (Å²) in [4.78, 5) is 23.0. The Morgan fingerprint density at radius 3 is 2.70 bits per heavy atom. The van der Waals surface area contributed by atoms with E-state index >= 15 is 0 Å². The largest absolute Gasteiger partial charge is 0.461 e. The summed E-state index contributed by atoms with van der Waals surface area (Å²) in [7, 11) is 0. The van der Waals surface area contributed by atoms with E-state index in [-0.39, 0.29) is 22.8 Å². The summed E-state index contributed by atoms with van der Waals surface area (Å²) in [6.45, 7) is 0. The van der Waals surface area contributed by atoms with E-state index < -0.39 is 4.92 Å². The number of halogens is 1. The lowest BCUT2D eigenvalue weighted by molar-refractivity contribution is -0.384. The van der Waals surface area contributed by atoms with Crippen molar-refractivity contribution in [3.8, 4) is 17.3 Å². The summed E-state index contributed by atoms with van der Waals surface area (Å²) in [6.07, 6.45) is 1.53. The summed E-state index contributed by atoms with van der Waals surface area (Å²) >= 11 is 7.54. The molecule has 0 spiro atoms. The van der Waals surface area contributed by atoms with Gasteiger partial charge in [-0.3, -0.25) is 19.5 Å². The van der Waals surface area contributed by atoms with Crippen molar-refractivity contribution >= 4 is 34.8 Å². The molecule has 0 saturated heterocycles. The van der Waals surface area contributed by atoms with Crippen LogP contribution in [0.2, 0.25) is 5.02 Å². The van der Waals surface area contributed by atoms with Gasteiger partial charge in [0.2, 0.25) is 5.82 Å². The van der Waals surface area contributed by atoms with E-state index in [0.717, 1.165) is 11.8 Å². The van der Waals surface area contributed by atoms with Gasteiger partial charge in [-0.2, -0.15) is 0 Å². The predicted molar refractivity (Wildman–Crippen MR) is 112 cm³/mol. The van der Waals surface area contributed by atoms with Crippen LogP contribution < -0.4 is 0 Å². The summed E-state index contributed by atoms with van der Waals surface area (Å²) in [6, 6.07) is 16.3. The zero-order valence-electron chi connectivity index (χ0n) is 15.3. The minimum Gasteiger partial charge on any atom is -0.461 e. The number of furan rings is 1. The van der Waals surface area contributed by atoms with Gasteiger partial charge in [0.25, 0.3) is 5.69 Å². The number of nitro groups is 1. The lowest BCUT2D eigenvalue weighted by Crippen LogP contribution is -2.05. The van der Waals surface area contributed by atoms with Crippen LogP contribution in [0.5, 0.6) is 0 Å². The van der Waals surface area contributed by atoms with E-state index in [1.165, 1.54) is 24.5 Å². The molecule has 30 heavy (non-hydrogen) atoms. The molecule has 0 amide bonds. The topological polar surface area (TPSA) is 104 Å².